The molecule has 1 amide bonds. The van der Waals surface area contributed by atoms with E-state index in [0.29, 0.717) is 43.1 Å². The van der Waals surface area contributed by atoms with Crippen LogP contribution >= 0.6 is 0 Å². The number of ether oxygens (including phenoxy) is 1. The van der Waals surface area contributed by atoms with Gasteiger partial charge < -0.3 is 14.6 Å². The number of nitrogens with one attached hydrogen (secondary N) is 1. The SMILES string of the molecule is O=C1c2cc(-c3ccncc3F)[nH]c2C2(CCOC2)CN1Cc1ccccc1. The first-order valence-electron chi connectivity index (χ1n) is 9.41. The first kappa shape index (κ1) is 17.1. The Morgan fingerprint density at radius 2 is 2.07 bits per heavy atom. The molecule has 0 bridgehead atoms. The van der Waals surface area contributed by atoms with Gasteiger partial charge in [0.05, 0.1) is 23.8 Å². The van der Waals surface area contributed by atoms with Gasteiger partial charge in [-0.1, -0.05) is 30.3 Å². The molecule has 0 saturated carbocycles. The fraction of sp³-hybridized carbons (Fsp3) is 0.273. The fourth-order valence-corrected chi connectivity index (χ4v) is 4.33. The summed E-state index contributed by atoms with van der Waals surface area (Å²) in [5.41, 5.74) is 3.31. The minimum absolute atomic E-state index is 0.0339. The van der Waals surface area contributed by atoms with Crippen LogP contribution < -0.4 is 0 Å². The maximum atomic E-state index is 14.3. The van der Waals surface area contributed by atoms with E-state index in [0.717, 1.165) is 17.7 Å². The van der Waals surface area contributed by atoms with Crippen LogP contribution in [0.3, 0.4) is 0 Å². The van der Waals surface area contributed by atoms with Gasteiger partial charge in [0.1, 0.15) is 0 Å². The quantitative estimate of drug-likeness (QED) is 0.760. The number of rotatable bonds is 3. The number of hydrogen-bond acceptors (Lipinski definition) is 3. The maximum absolute atomic E-state index is 14.3. The van der Waals surface area contributed by atoms with Crippen molar-refractivity contribution in [2.24, 2.45) is 0 Å². The Hall–Kier alpha value is -2.99. The lowest BCUT2D eigenvalue weighted by Crippen LogP contribution is -2.49. The van der Waals surface area contributed by atoms with Gasteiger partial charge in [0.2, 0.25) is 0 Å². The molecule has 6 heteroatoms. The molecule has 28 heavy (non-hydrogen) atoms. The molecule has 1 fully saturated rings. The lowest BCUT2D eigenvalue weighted by molar-refractivity contribution is 0.0634. The average Bonchev–Trinajstić information content (AvgIpc) is 3.36. The number of nitrogens with zero attached hydrogens (tertiary/aromatic N) is 2. The van der Waals surface area contributed by atoms with Crippen LogP contribution in [-0.2, 0) is 16.7 Å². The van der Waals surface area contributed by atoms with E-state index in [9.17, 15) is 9.18 Å². The Labute approximate surface area is 162 Å². The van der Waals surface area contributed by atoms with E-state index in [1.165, 1.54) is 6.20 Å². The zero-order valence-electron chi connectivity index (χ0n) is 15.3. The standard InChI is InChI=1S/C22H20FN3O2/c23-18-11-24-8-6-16(18)19-10-17-20(25-19)22(7-9-28-14-22)13-26(21(17)27)12-15-4-2-1-3-5-15/h1-6,8,10-11,25H,7,9,12-14H2. The molecular formula is C22H20FN3O2. The summed E-state index contributed by atoms with van der Waals surface area (Å²) in [6.45, 7) is 2.35. The summed E-state index contributed by atoms with van der Waals surface area (Å²) in [5.74, 6) is -0.445. The molecule has 1 unspecified atom stereocenters. The summed E-state index contributed by atoms with van der Waals surface area (Å²) < 4.78 is 20.0. The highest BCUT2D eigenvalue weighted by molar-refractivity contribution is 5.98. The molecule has 4 heterocycles. The summed E-state index contributed by atoms with van der Waals surface area (Å²) in [5, 5.41) is 0. The van der Waals surface area contributed by atoms with Gasteiger partial charge in [-0.05, 0) is 24.1 Å². The van der Waals surface area contributed by atoms with Gasteiger partial charge in [-0.15, -0.1) is 0 Å². The first-order valence-corrected chi connectivity index (χ1v) is 9.41. The summed E-state index contributed by atoms with van der Waals surface area (Å²) >= 11 is 0. The average molecular weight is 377 g/mol. The van der Waals surface area contributed by atoms with E-state index in [1.54, 1.807) is 18.3 Å². The number of H-pyrrole nitrogens is 1. The molecule has 3 aromatic rings. The van der Waals surface area contributed by atoms with Crippen molar-refractivity contribution in [2.45, 2.75) is 18.4 Å². The predicted molar refractivity (Wildman–Crippen MR) is 102 cm³/mol. The van der Waals surface area contributed by atoms with Gasteiger partial charge in [-0.3, -0.25) is 9.78 Å². The number of halogens is 1. The van der Waals surface area contributed by atoms with Crippen molar-refractivity contribution in [1.82, 2.24) is 14.9 Å². The van der Waals surface area contributed by atoms with Gasteiger partial charge >= 0.3 is 0 Å². The first-order chi connectivity index (χ1) is 13.7. The van der Waals surface area contributed by atoms with Crippen LogP contribution in [0.15, 0.2) is 54.9 Å². The van der Waals surface area contributed by atoms with Gasteiger partial charge in [-0.2, -0.15) is 0 Å². The molecule has 2 aliphatic rings. The number of hydrogen-bond donors (Lipinski definition) is 1. The molecule has 2 aliphatic heterocycles. The van der Waals surface area contributed by atoms with Crippen LogP contribution in [0.1, 0.15) is 28.0 Å². The smallest absolute Gasteiger partial charge is 0.256 e. The number of benzene rings is 1. The van der Waals surface area contributed by atoms with Crippen LogP contribution in [-0.4, -0.2) is 40.5 Å². The molecule has 1 spiro atoms. The highest BCUT2D eigenvalue weighted by atomic mass is 19.1. The van der Waals surface area contributed by atoms with Crippen molar-refractivity contribution in [2.75, 3.05) is 19.8 Å². The molecule has 0 aliphatic carbocycles. The lowest BCUT2D eigenvalue weighted by Gasteiger charge is -2.39. The fourth-order valence-electron chi connectivity index (χ4n) is 4.33. The van der Waals surface area contributed by atoms with E-state index in [4.69, 9.17) is 4.74 Å². The summed E-state index contributed by atoms with van der Waals surface area (Å²) in [7, 11) is 0. The number of amides is 1. The second-order valence-electron chi connectivity index (χ2n) is 7.56. The zero-order valence-corrected chi connectivity index (χ0v) is 15.3. The number of aromatic amines is 1. The van der Waals surface area contributed by atoms with Crippen molar-refractivity contribution in [1.29, 1.82) is 0 Å². The van der Waals surface area contributed by atoms with Crippen LogP contribution in [0.25, 0.3) is 11.3 Å². The third-order valence-corrected chi connectivity index (χ3v) is 5.74. The number of pyridine rings is 1. The molecule has 1 aromatic carbocycles. The van der Waals surface area contributed by atoms with Crippen LogP contribution in [0, 0.1) is 5.82 Å². The molecule has 142 valence electrons. The molecule has 5 rings (SSSR count). The molecule has 1 saturated heterocycles. The highest BCUT2D eigenvalue weighted by Crippen LogP contribution is 2.42. The highest BCUT2D eigenvalue weighted by Gasteiger charge is 2.47. The number of fused-ring (bicyclic) bond motifs is 2. The van der Waals surface area contributed by atoms with E-state index in [-0.39, 0.29) is 11.3 Å². The van der Waals surface area contributed by atoms with Gasteiger partial charge in [0, 0.05) is 42.8 Å². The lowest BCUT2D eigenvalue weighted by atomic mass is 9.78. The minimum atomic E-state index is -0.411. The Morgan fingerprint density at radius 1 is 1.21 bits per heavy atom. The topological polar surface area (TPSA) is 58.2 Å². The number of aromatic nitrogens is 2. The Bertz CT molecular complexity index is 1030. The second kappa shape index (κ2) is 6.56. The van der Waals surface area contributed by atoms with Gasteiger partial charge in [-0.25, -0.2) is 4.39 Å². The Morgan fingerprint density at radius 3 is 2.82 bits per heavy atom. The van der Waals surface area contributed by atoms with Crippen molar-refractivity contribution < 1.29 is 13.9 Å². The third kappa shape index (κ3) is 2.72. The normalized spacial score (nSPS) is 21.3. The number of carbonyl (C=O) groups excluding carboxylic acids is 1. The number of carbonyl (C=O) groups is 1. The van der Waals surface area contributed by atoms with Crippen LogP contribution in [0.2, 0.25) is 0 Å². The Balaban J connectivity index is 1.58. The molecule has 1 atom stereocenters. The van der Waals surface area contributed by atoms with Crippen LogP contribution in [0.4, 0.5) is 4.39 Å². The molecular weight excluding hydrogens is 357 g/mol. The summed E-state index contributed by atoms with van der Waals surface area (Å²) in [4.78, 5) is 22.3. The zero-order chi connectivity index (χ0) is 19.1. The van der Waals surface area contributed by atoms with Crippen molar-refractivity contribution in [3.05, 3.63) is 77.5 Å². The summed E-state index contributed by atoms with van der Waals surface area (Å²) in [6.07, 6.45) is 3.57. The van der Waals surface area contributed by atoms with E-state index in [2.05, 4.69) is 9.97 Å². The second-order valence-corrected chi connectivity index (χ2v) is 7.56. The van der Waals surface area contributed by atoms with Crippen molar-refractivity contribution in [3.8, 4) is 11.3 Å². The van der Waals surface area contributed by atoms with E-state index >= 15 is 0 Å². The minimum Gasteiger partial charge on any atom is -0.380 e. The molecule has 0 radical (unpaired) electrons. The molecule has 1 N–H and O–H groups in total. The Kier molecular flexibility index (Phi) is 4.02. The van der Waals surface area contributed by atoms with Crippen molar-refractivity contribution >= 4 is 5.91 Å². The van der Waals surface area contributed by atoms with Gasteiger partial charge in [0.15, 0.2) is 5.82 Å². The molecule has 5 nitrogen and oxygen atoms in total. The van der Waals surface area contributed by atoms with Crippen molar-refractivity contribution in [3.63, 3.8) is 0 Å². The monoisotopic (exact) mass is 377 g/mol. The third-order valence-electron chi connectivity index (χ3n) is 5.74. The van der Waals surface area contributed by atoms with E-state index in [1.807, 2.05) is 35.2 Å². The molecule has 2 aromatic heterocycles. The van der Waals surface area contributed by atoms with E-state index < -0.39 is 5.82 Å². The largest absolute Gasteiger partial charge is 0.380 e. The predicted octanol–water partition coefficient (Wildman–Crippen LogP) is 3.53. The van der Waals surface area contributed by atoms with Gasteiger partial charge in [0.25, 0.3) is 5.91 Å². The maximum Gasteiger partial charge on any atom is 0.256 e. The van der Waals surface area contributed by atoms with Crippen LogP contribution in [0.5, 0.6) is 0 Å². The summed E-state index contributed by atoms with van der Waals surface area (Å²) in [6, 6.07) is 13.4.